The number of rotatable bonds is 6. The number of hydrogen-bond acceptors (Lipinski definition) is 5. The number of nitrogens with zero attached hydrogens (tertiary/aromatic N) is 1. The second kappa shape index (κ2) is 8.22. The fraction of sp³-hybridized carbons (Fsp3) is 0.158. The van der Waals surface area contributed by atoms with E-state index in [2.05, 4.69) is 0 Å². The van der Waals surface area contributed by atoms with Crippen LogP contribution in [0, 0.1) is 11.3 Å². The lowest BCUT2D eigenvalue weighted by atomic mass is 10.0. The van der Waals surface area contributed by atoms with Crippen LogP contribution in [0.3, 0.4) is 0 Å². The van der Waals surface area contributed by atoms with Crippen LogP contribution in [0.1, 0.15) is 15.9 Å². The first-order valence-corrected chi connectivity index (χ1v) is 7.64. The summed E-state index contributed by atoms with van der Waals surface area (Å²) in [4.78, 5) is 12.5. The Kier molecular flexibility index (Phi) is 6.04. The number of methoxy groups -OCH3 is 3. The van der Waals surface area contributed by atoms with Gasteiger partial charge in [0.05, 0.1) is 26.4 Å². The van der Waals surface area contributed by atoms with E-state index in [9.17, 15) is 10.1 Å². The molecule has 0 aliphatic rings. The predicted octanol–water partition coefficient (Wildman–Crippen LogP) is 4.16. The van der Waals surface area contributed by atoms with Crippen LogP contribution in [-0.4, -0.2) is 27.1 Å². The van der Waals surface area contributed by atoms with E-state index < -0.39 is 5.78 Å². The molecule has 25 heavy (non-hydrogen) atoms. The monoisotopic (exact) mass is 357 g/mol. The molecule has 0 saturated heterocycles. The van der Waals surface area contributed by atoms with Gasteiger partial charge in [0.15, 0.2) is 11.5 Å². The van der Waals surface area contributed by atoms with E-state index in [1.807, 2.05) is 6.07 Å². The second-order valence-corrected chi connectivity index (χ2v) is 5.37. The van der Waals surface area contributed by atoms with Gasteiger partial charge < -0.3 is 14.2 Å². The van der Waals surface area contributed by atoms with Crippen molar-refractivity contribution in [1.82, 2.24) is 0 Å². The Hall–Kier alpha value is -2.97. The molecule has 0 unspecified atom stereocenters. The average Bonchev–Trinajstić information content (AvgIpc) is 2.65. The normalized spacial score (nSPS) is 10.8. The molecule has 0 saturated carbocycles. The van der Waals surface area contributed by atoms with Crippen LogP contribution in [0.5, 0.6) is 17.2 Å². The van der Waals surface area contributed by atoms with Gasteiger partial charge in [-0.3, -0.25) is 4.79 Å². The molecule has 0 fully saturated rings. The molecule has 0 spiro atoms. The van der Waals surface area contributed by atoms with Crippen molar-refractivity contribution in [1.29, 1.82) is 5.26 Å². The second-order valence-electron chi connectivity index (χ2n) is 4.97. The highest BCUT2D eigenvalue weighted by molar-refractivity contribution is 6.32. The van der Waals surface area contributed by atoms with Crippen LogP contribution in [0.4, 0.5) is 0 Å². The largest absolute Gasteiger partial charge is 0.497 e. The minimum atomic E-state index is -0.393. The zero-order chi connectivity index (χ0) is 18.4. The number of Topliss-reactive ketones (excluding diaryl/α,β-unsaturated/α-hetero) is 1. The summed E-state index contributed by atoms with van der Waals surface area (Å²) in [5, 5.41) is 9.69. The fourth-order valence-corrected chi connectivity index (χ4v) is 2.53. The van der Waals surface area contributed by atoms with Gasteiger partial charge in [-0.25, -0.2) is 0 Å². The maximum atomic E-state index is 12.5. The van der Waals surface area contributed by atoms with Crippen molar-refractivity contribution in [2.45, 2.75) is 0 Å². The highest BCUT2D eigenvalue weighted by atomic mass is 35.5. The highest BCUT2D eigenvalue weighted by Gasteiger charge is 2.15. The first-order valence-electron chi connectivity index (χ1n) is 7.26. The summed E-state index contributed by atoms with van der Waals surface area (Å²) >= 11 is 6.15. The number of halogens is 1. The molecule has 0 amide bonds. The van der Waals surface area contributed by atoms with Gasteiger partial charge in [0.25, 0.3) is 0 Å². The van der Waals surface area contributed by atoms with Gasteiger partial charge in [-0.2, -0.15) is 5.26 Å². The van der Waals surface area contributed by atoms with Gasteiger partial charge in [-0.15, -0.1) is 0 Å². The van der Waals surface area contributed by atoms with Crippen LogP contribution >= 0.6 is 11.6 Å². The minimum absolute atomic E-state index is 0.0200. The maximum absolute atomic E-state index is 12.5. The molecule has 0 radical (unpaired) electrons. The smallest absolute Gasteiger partial charge is 0.203 e. The van der Waals surface area contributed by atoms with Crippen molar-refractivity contribution in [2.24, 2.45) is 0 Å². The SMILES string of the molecule is COc1ccc(C(=O)C(C#N)=Cc2cc(Cl)c(OC)c(OC)c2)cc1. The van der Waals surface area contributed by atoms with E-state index in [0.717, 1.165) is 0 Å². The summed E-state index contributed by atoms with van der Waals surface area (Å²) < 4.78 is 15.5. The van der Waals surface area contributed by atoms with Gasteiger partial charge in [0.1, 0.15) is 17.4 Å². The van der Waals surface area contributed by atoms with Crippen LogP contribution in [0.25, 0.3) is 6.08 Å². The molecule has 0 heterocycles. The number of allylic oxidation sites excluding steroid dienone is 1. The Morgan fingerprint density at radius 3 is 2.28 bits per heavy atom. The lowest BCUT2D eigenvalue weighted by molar-refractivity contribution is 0.104. The average molecular weight is 358 g/mol. The minimum Gasteiger partial charge on any atom is -0.497 e. The molecule has 2 aromatic carbocycles. The Morgan fingerprint density at radius 1 is 1.08 bits per heavy atom. The number of hydrogen-bond donors (Lipinski definition) is 0. The van der Waals surface area contributed by atoms with Gasteiger partial charge in [0, 0.05) is 5.56 Å². The number of benzene rings is 2. The van der Waals surface area contributed by atoms with Crippen molar-refractivity contribution in [3.8, 4) is 23.3 Å². The quantitative estimate of drug-likeness (QED) is 0.441. The van der Waals surface area contributed by atoms with Crippen LogP contribution in [0.2, 0.25) is 5.02 Å². The lowest BCUT2D eigenvalue weighted by Crippen LogP contribution is -2.02. The molecule has 0 aromatic heterocycles. The highest BCUT2D eigenvalue weighted by Crippen LogP contribution is 2.36. The van der Waals surface area contributed by atoms with Crippen LogP contribution in [0.15, 0.2) is 42.0 Å². The third kappa shape index (κ3) is 4.11. The molecule has 0 N–H and O–H groups in total. The van der Waals surface area contributed by atoms with Crippen molar-refractivity contribution in [2.75, 3.05) is 21.3 Å². The third-order valence-corrected chi connectivity index (χ3v) is 3.76. The Bertz CT molecular complexity index is 851. The molecule has 0 bridgehead atoms. The number of ether oxygens (including phenoxy) is 3. The molecule has 0 atom stereocenters. The summed E-state index contributed by atoms with van der Waals surface area (Å²) in [6, 6.07) is 11.7. The van der Waals surface area contributed by atoms with E-state index in [1.165, 1.54) is 27.4 Å². The van der Waals surface area contributed by atoms with E-state index in [1.54, 1.807) is 36.4 Å². The molecule has 5 nitrogen and oxygen atoms in total. The first kappa shape index (κ1) is 18.4. The summed E-state index contributed by atoms with van der Waals surface area (Å²) in [5.74, 6) is 1.04. The van der Waals surface area contributed by atoms with E-state index in [4.69, 9.17) is 25.8 Å². The van der Waals surface area contributed by atoms with Gasteiger partial charge in [-0.05, 0) is 48.0 Å². The number of ketones is 1. The summed E-state index contributed by atoms with van der Waals surface area (Å²) in [6.45, 7) is 0. The molecular formula is C19H16ClNO4. The number of carbonyl (C=O) groups is 1. The molecule has 6 heteroatoms. The topological polar surface area (TPSA) is 68.6 Å². The predicted molar refractivity (Wildman–Crippen MR) is 95.5 cm³/mol. The zero-order valence-corrected chi connectivity index (χ0v) is 14.8. The van der Waals surface area contributed by atoms with E-state index >= 15 is 0 Å². The van der Waals surface area contributed by atoms with Crippen LogP contribution < -0.4 is 14.2 Å². The third-order valence-electron chi connectivity index (χ3n) is 3.48. The van der Waals surface area contributed by atoms with Crippen molar-refractivity contribution < 1.29 is 19.0 Å². The van der Waals surface area contributed by atoms with Gasteiger partial charge >= 0.3 is 0 Å². The van der Waals surface area contributed by atoms with E-state index in [0.29, 0.717) is 33.4 Å². The molecular weight excluding hydrogens is 342 g/mol. The Morgan fingerprint density at radius 2 is 1.76 bits per heavy atom. The van der Waals surface area contributed by atoms with Crippen molar-refractivity contribution in [3.63, 3.8) is 0 Å². The molecule has 0 aliphatic carbocycles. The molecule has 128 valence electrons. The Balaban J connectivity index is 2.41. The standard InChI is InChI=1S/C19H16ClNO4/c1-23-15-6-4-13(5-7-15)18(22)14(11-21)8-12-9-16(20)19(25-3)17(10-12)24-2/h4-10H,1-3H3. The fourth-order valence-electron chi connectivity index (χ4n) is 2.23. The lowest BCUT2D eigenvalue weighted by Gasteiger charge is -2.10. The van der Waals surface area contributed by atoms with E-state index in [-0.39, 0.29) is 5.57 Å². The molecule has 2 rings (SSSR count). The summed E-state index contributed by atoms with van der Waals surface area (Å²) in [7, 11) is 4.50. The van der Waals surface area contributed by atoms with Crippen molar-refractivity contribution >= 4 is 23.5 Å². The number of carbonyl (C=O) groups excluding carboxylic acids is 1. The molecule has 0 aliphatic heterocycles. The van der Waals surface area contributed by atoms with Gasteiger partial charge in [-0.1, -0.05) is 11.6 Å². The van der Waals surface area contributed by atoms with Crippen molar-refractivity contribution in [3.05, 3.63) is 58.1 Å². The van der Waals surface area contributed by atoms with Gasteiger partial charge in [0.2, 0.25) is 5.78 Å². The summed E-state index contributed by atoms with van der Waals surface area (Å²) in [5.41, 5.74) is 0.926. The zero-order valence-electron chi connectivity index (χ0n) is 14.0. The van der Waals surface area contributed by atoms with Crippen LogP contribution in [-0.2, 0) is 0 Å². The molecule has 2 aromatic rings. The maximum Gasteiger partial charge on any atom is 0.203 e. The first-order chi connectivity index (χ1) is 12.0. The number of nitriles is 1. The summed E-state index contributed by atoms with van der Waals surface area (Å²) in [6.07, 6.45) is 1.46. The Labute approximate surface area is 151 Å².